The molecule has 2 nitrogen and oxygen atoms in total. The van der Waals surface area contributed by atoms with Crippen molar-refractivity contribution in [3.63, 3.8) is 0 Å². The highest BCUT2D eigenvalue weighted by Gasteiger charge is 2.33. The number of halogens is 2. The number of carbonyl (C=O) groups is 2. The van der Waals surface area contributed by atoms with Gasteiger partial charge in [0.25, 0.3) is 0 Å². The van der Waals surface area contributed by atoms with Crippen molar-refractivity contribution in [3.05, 3.63) is 68.2 Å². The predicted molar refractivity (Wildman–Crippen MR) is 74.5 cm³/mol. The second-order valence-corrected chi connectivity index (χ2v) is 5.25. The van der Waals surface area contributed by atoms with Gasteiger partial charge in [-0.3, -0.25) is 9.59 Å². The van der Waals surface area contributed by atoms with E-state index in [1.165, 1.54) is 0 Å². The van der Waals surface area contributed by atoms with Gasteiger partial charge < -0.3 is 0 Å². The molecule has 0 bridgehead atoms. The molecule has 1 aliphatic rings. The van der Waals surface area contributed by atoms with E-state index in [0.717, 1.165) is 5.56 Å². The van der Waals surface area contributed by atoms with Crippen LogP contribution in [0.3, 0.4) is 0 Å². The van der Waals surface area contributed by atoms with Crippen molar-refractivity contribution >= 4 is 34.8 Å². The van der Waals surface area contributed by atoms with Crippen LogP contribution in [0.25, 0.3) is 0 Å². The summed E-state index contributed by atoms with van der Waals surface area (Å²) >= 11 is 12.1. The molecule has 94 valence electrons. The fourth-order valence-corrected chi connectivity index (χ4v) is 2.90. The van der Waals surface area contributed by atoms with Crippen LogP contribution >= 0.6 is 23.2 Å². The lowest BCUT2D eigenvalue weighted by atomic mass is 9.82. The molecule has 0 radical (unpaired) electrons. The third-order valence-electron chi connectivity index (χ3n) is 3.30. The predicted octanol–water partition coefficient (Wildman–Crippen LogP) is 4.08. The second kappa shape index (κ2) is 4.19. The van der Waals surface area contributed by atoms with Crippen LogP contribution in [-0.2, 0) is 0 Å². The Kier molecular flexibility index (Phi) is 2.73. The van der Waals surface area contributed by atoms with Gasteiger partial charge in [0.1, 0.15) is 0 Å². The molecule has 0 atom stereocenters. The van der Waals surface area contributed by atoms with E-state index in [-0.39, 0.29) is 22.7 Å². The molecule has 0 saturated carbocycles. The summed E-state index contributed by atoms with van der Waals surface area (Å²) in [5, 5.41) is 0.588. The summed E-state index contributed by atoms with van der Waals surface area (Å²) in [6, 6.07) is 8.23. The molecule has 0 aromatic heterocycles. The Morgan fingerprint density at radius 3 is 2.21 bits per heavy atom. The van der Waals surface area contributed by atoms with Gasteiger partial charge in [-0.05, 0) is 24.6 Å². The summed E-state index contributed by atoms with van der Waals surface area (Å²) in [5.41, 5.74) is 1.95. The van der Waals surface area contributed by atoms with Gasteiger partial charge in [0.15, 0.2) is 11.6 Å². The standard InChI is InChI=1S/C15H8Cl2O2/c1-7-5-6-10(17)13-11(7)15(19)12-8(14(13)18)3-2-4-9(12)16/h2-6H,1H3. The van der Waals surface area contributed by atoms with E-state index in [1.54, 1.807) is 37.3 Å². The number of hydrogen-bond donors (Lipinski definition) is 0. The Hall–Kier alpha value is -1.64. The highest BCUT2D eigenvalue weighted by Crippen LogP contribution is 2.36. The number of hydrogen-bond acceptors (Lipinski definition) is 2. The summed E-state index contributed by atoms with van der Waals surface area (Å²) in [6.45, 7) is 1.78. The molecule has 0 unspecified atom stereocenters. The summed E-state index contributed by atoms with van der Waals surface area (Å²) in [4.78, 5) is 25.0. The number of aryl methyl sites for hydroxylation is 1. The van der Waals surface area contributed by atoms with E-state index >= 15 is 0 Å². The Balaban J connectivity index is 2.43. The fraction of sp³-hybridized carbons (Fsp3) is 0.0667. The van der Waals surface area contributed by atoms with Crippen LogP contribution < -0.4 is 0 Å². The minimum Gasteiger partial charge on any atom is -0.289 e. The van der Waals surface area contributed by atoms with Crippen LogP contribution in [0.5, 0.6) is 0 Å². The Labute approximate surface area is 120 Å². The minimum absolute atomic E-state index is 0.241. The van der Waals surface area contributed by atoms with Crippen LogP contribution in [-0.4, -0.2) is 11.6 Å². The minimum atomic E-state index is -0.249. The molecule has 1 aliphatic carbocycles. The molecule has 0 saturated heterocycles. The van der Waals surface area contributed by atoms with Crippen LogP contribution in [0.2, 0.25) is 10.0 Å². The molecule has 0 fully saturated rings. The van der Waals surface area contributed by atoms with Gasteiger partial charge in [0, 0.05) is 11.1 Å². The normalized spacial score (nSPS) is 13.2. The summed E-state index contributed by atoms with van der Waals surface area (Å²) in [5.74, 6) is -0.490. The number of rotatable bonds is 0. The van der Waals surface area contributed by atoms with Gasteiger partial charge in [0.05, 0.1) is 21.2 Å². The van der Waals surface area contributed by atoms with Crippen LogP contribution in [0.4, 0.5) is 0 Å². The molecule has 2 aromatic rings. The second-order valence-electron chi connectivity index (χ2n) is 4.43. The summed E-state index contributed by atoms with van der Waals surface area (Å²) < 4.78 is 0. The molecule has 19 heavy (non-hydrogen) atoms. The Morgan fingerprint density at radius 2 is 1.47 bits per heavy atom. The third kappa shape index (κ3) is 1.64. The fourth-order valence-electron chi connectivity index (χ4n) is 2.40. The summed E-state index contributed by atoms with van der Waals surface area (Å²) in [6.07, 6.45) is 0. The average molecular weight is 291 g/mol. The van der Waals surface area contributed by atoms with Crippen molar-refractivity contribution in [3.8, 4) is 0 Å². The first-order valence-corrected chi connectivity index (χ1v) is 6.45. The van der Waals surface area contributed by atoms with Gasteiger partial charge in [-0.2, -0.15) is 0 Å². The highest BCUT2D eigenvalue weighted by atomic mass is 35.5. The van der Waals surface area contributed by atoms with Crippen molar-refractivity contribution in [2.24, 2.45) is 0 Å². The molecular formula is C15H8Cl2O2. The highest BCUT2D eigenvalue weighted by molar-refractivity contribution is 6.42. The molecule has 0 spiro atoms. The molecule has 3 rings (SSSR count). The lowest BCUT2D eigenvalue weighted by Gasteiger charge is -2.20. The third-order valence-corrected chi connectivity index (χ3v) is 3.93. The quantitative estimate of drug-likeness (QED) is 0.625. The summed E-state index contributed by atoms with van der Waals surface area (Å²) in [7, 11) is 0. The van der Waals surface area contributed by atoms with E-state index in [4.69, 9.17) is 23.2 Å². The van der Waals surface area contributed by atoms with Crippen molar-refractivity contribution in [2.45, 2.75) is 6.92 Å². The molecular weight excluding hydrogens is 283 g/mol. The maximum Gasteiger partial charge on any atom is 0.196 e. The molecule has 0 aliphatic heterocycles. The van der Waals surface area contributed by atoms with Gasteiger partial charge in [-0.15, -0.1) is 0 Å². The molecule has 0 N–H and O–H groups in total. The zero-order valence-corrected chi connectivity index (χ0v) is 11.5. The van der Waals surface area contributed by atoms with E-state index < -0.39 is 0 Å². The average Bonchev–Trinajstić information content (AvgIpc) is 2.38. The molecule has 0 amide bonds. The van der Waals surface area contributed by atoms with Gasteiger partial charge >= 0.3 is 0 Å². The largest absolute Gasteiger partial charge is 0.289 e. The smallest absolute Gasteiger partial charge is 0.196 e. The maximum absolute atomic E-state index is 12.6. The van der Waals surface area contributed by atoms with E-state index in [1.807, 2.05) is 0 Å². The van der Waals surface area contributed by atoms with Crippen molar-refractivity contribution in [1.82, 2.24) is 0 Å². The van der Waals surface area contributed by atoms with Gasteiger partial charge in [-0.1, -0.05) is 41.4 Å². The van der Waals surface area contributed by atoms with Crippen molar-refractivity contribution < 1.29 is 9.59 Å². The zero-order chi connectivity index (χ0) is 13.7. The Morgan fingerprint density at radius 1 is 0.789 bits per heavy atom. The lowest BCUT2D eigenvalue weighted by Crippen LogP contribution is -2.22. The molecule has 2 aromatic carbocycles. The zero-order valence-electron chi connectivity index (χ0n) is 9.96. The maximum atomic E-state index is 12.6. The molecule has 0 heterocycles. The van der Waals surface area contributed by atoms with Gasteiger partial charge in [0.2, 0.25) is 0 Å². The number of benzene rings is 2. The first kappa shape index (κ1) is 12.4. The number of carbonyl (C=O) groups excluding carboxylic acids is 2. The van der Waals surface area contributed by atoms with Gasteiger partial charge in [-0.25, -0.2) is 0 Å². The topological polar surface area (TPSA) is 34.1 Å². The SMILES string of the molecule is Cc1ccc(Cl)c2c1C(=O)c1c(Cl)cccc1C2=O. The monoisotopic (exact) mass is 290 g/mol. The van der Waals surface area contributed by atoms with E-state index in [2.05, 4.69) is 0 Å². The first-order chi connectivity index (χ1) is 9.02. The number of fused-ring (bicyclic) bond motifs is 2. The van der Waals surface area contributed by atoms with E-state index in [9.17, 15) is 9.59 Å². The van der Waals surface area contributed by atoms with Crippen LogP contribution in [0, 0.1) is 6.92 Å². The number of ketones is 2. The Bertz CT molecular complexity index is 748. The van der Waals surface area contributed by atoms with E-state index in [0.29, 0.717) is 21.2 Å². The first-order valence-electron chi connectivity index (χ1n) is 5.69. The van der Waals surface area contributed by atoms with Crippen LogP contribution in [0.1, 0.15) is 37.4 Å². The van der Waals surface area contributed by atoms with Crippen molar-refractivity contribution in [1.29, 1.82) is 0 Å². The molecule has 4 heteroatoms. The lowest BCUT2D eigenvalue weighted by molar-refractivity contribution is 0.0978. The van der Waals surface area contributed by atoms with Crippen LogP contribution in [0.15, 0.2) is 30.3 Å². The van der Waals surface area contributed by atoms with Crippen molar-refractivity contribution in [2.75, 3.05) is 0 Å².